The first-order chi connectivity index (χ1) is 6.57. The zero-order chi connectivity index (χ0) is 10.5. The van der Waals surface area contributed by atoms with Crippen molar-refractivity contribution in [3.63, 3.8) is 0 Å². The maximum atomic E-state index is 11.4. The lowest BCUT2D eigenvalue weighted by molar-refractivity contribution is -0.150. The number of ether oxygens (including phenoxy) is 1. The Balaban J connectivity index is 2.23. The molecule has 0 spiro atoms. The van der Waals surface area contributed by atoms with E-state index in [-0.39, 0.29) is 17.9 Å². The summed E-state index contributed by atoms with van der Waals surface area (Å²) in [5.41, 5.74) is 0. The Bertz CT molecular complexity index is 291. The number of hydrogen-bond donors (Lipinski definition) is 1. The molecular weight excluding hydrogens is 186 g/mol. The van der Waals surface area contributed by atoms with Crippen LogP contribution in [0.3, 0.4) is 0 Å². The van der Waals surface area contributed by atoms with Gasteiger partial charge in [-0.2, -0.15) is 0 Å². The number of carbonyl (C=O) groups is 2. The van der Waals surface area contributed by atoms with Gasteiger partial charge in [0.05, 0.1) is 19.3 Å². The third-order valence-corrected chi connectivity index (χ3v) is 3.22. The van der Waals surface area contributed by atoms with E-state index in [9.17, 15) is 14.7 Å². The number of amides is 1. The molecule has 1 aliphatic carbocycles. The van der Waals surface area contributed by atoms with Crippen molar-refractivity contribution in [2.45, 2.75) is 31.5 Å². The summed E-state index contributed by atoms with van der Waals surface area (Å²) in [6.45, 7) is 1.41. The molecule has 3 aliphatic rings. The molecule has 3 rings (SSSR count). The fourth-order valence-electron chi connectivity index (χ4n) is 2.49. The Hall–Kier alpha value is -1.10. The monoisotopic (exact) mass is 199 g/mol. The number of hydrogen-bond acceptors (Lipinski definition) is 4. The van der Waals surface area contributed by atoms with Crippen molar-refractivity contribution in [3.05, 3.63) is 0 Å². The van der Waals surface area contributed by atoms with Gasteiger partial charge in [-0.15, -0.1) is 0 Å². The van der Waals surface area contributed by atoms with Gasteiger partial charge in [0.25, 0.3) is 0 Å². The van der Waals surface area contributed by atoms with Crippen LogP contribution in [0.15, 0.2) is 0 Å². The molecule has 0 radical (unpaired) electrons. The number of nitrogens with zero attached hydrogens (tertiary/aromatic N) is 1. The predicted molar refractivity (Wildman–Crippen MR) is 46.2 cm³/mol. The number of aliphatic hydroxyl groups is 1. The summed E-state index contributed by atoms with van der Waals surface area (Å²) in [6, 6.07) is -0.751. The van der Waals surface area contributed by atoms with E-state index in [1.807, 2.05) is 0 Å². The molecule has 3 fully saturated rings. The summed E-state index contributed by atoms with van der Waals surface area (Å²) in [5, 5.41) is 9.58. The highest BCUT2D eigenvalue weighted by Gasteiger charge is 2.61. The van der Waals surface area contributed by atoms with Gasteiger partial charge < -0.3 is 14.7 Å². The van der Waals surface area contributed by atoms with E-state index in [2.05, 4.69) is 4.74 Å². The van der Waals surface area contributed by atoms with Gasteiger partial charge in [-0.05, 0) is 6.42 Å². The fraction of sp³-hybridized carbons (Fsp3) is 0.778. The average Bonchev–Trinajstić information content (AvgIpc) is 2.68. The second-order valence-corrected chi connectivity index (χ2v) is 3.85. The Kier molecular flexibility index (Phi) is 1.99. The highest BCUT2D eigenvalue weighted by molar-refractivity contribution is 5.86. The van der Waals surface area contributed by atoms with E-state index < -0.39 is 18.1 Å². The zero-order valence-electron chi connectivity index (χ0n) is 8.14. The van der Waals surface area contributed by atoms with E-state index in [0.717, 1.165) is 0 Å². The molecular formula is C9H13NO4. The topological polar surface area (TPSA) is 66.8 Å². The van der Waals surface area contributed by atoms with Crippen molar-refractivity contribution in [2.75, 3.05) is 7.11 Å². The highest BCUT2D eigenvalue weighted by Crippen LogP contribution is 2.46. The quantitative estimate of drug-likeness (QED) is 0.558. The maximum absolute atomic E-state index is 11.4. The van der Waals surface area contributed by atoms with Crippen LogP contribution in [0.4, 0.5) is 0 Å². The van der Waals surface area contributed by atoms with E-state index in [1.165, 1.54) is 18.9 Å². The molecule has 2 heterocycles. The molecule has 2 saturated heterocycles. The van der Waals surface area contributed by atoms with Gasteiger partial charge in [0, 0.05) is 12.8 Å². The van der Waals surface area contributed by atoms with E-state index >= 15 is 0 Å². The van der Waals surface area contributed by atoms with Crippen molar-refractivity contribution in [2.24, 2.45) is 5.92 Å². The van der Waals surface area contributed by atoms with Crippen LogP contribution in [0.1, 0.15) is 13.3 Å². The largest absolute Gasteiger partial charge is 0.467 e. The van der Waals surface area contributed by atoms with Crippen molar-refractivity contribution in [1.29, 1.82) is 0 Å². The number of esters is 1. The summed E-state index contributed by atoms with van der Waals surface area (Å²) >= 11 is 0. The lowest BCUT2D eigenvalue weighted by atomic mass is 9.79. The zero-order valence-corrected chi connectivity index (χ0v) is 8.14. The molecule has 0 unspecified atom stereocenters. The molecule has 14 heavy (non-hydrogen) atoms. The summed E-state index contributed by atoms with van der Waals surface area (Å²) < 4.78 is 4.62. The van der Waals surface area contributed by atoms with Crippen LogP contribution in [0.5, 0.6) is 0 Å². The molecule has 0 aromatic heterocycles. The smallest absolute Gasteiger partial charge is 0.328 e. The average molecular weight is 199 g/mol. The summed E-state index contributed by atoms with van der Waals surface area (Å²) in [6.07, 6.45) is 0.156. The Labute approximate surface area is 81.6 Å². The van der Waals surface area contributed by atoms with Crippen LogP contribution in [0.25, 0.3) is 0 Å². The minimum atomic E-state index is -0.572. The Morgan fingerprint density at radius 1 is 1.50 bits per heavy atom. The molecule has 2 aliphatic heterocycles. The molecule has 5 nitrogen and oxygen atoms in total. The highest BCUT2D eigenvalue weighted by atomic mass is 16.5. The number of methoxy groups -OCH3 is 1. The van der Waals surface area contributed by atoms with Gasteiger partial charge in [-0.1, -0.05) is 0 Å². The minimum Gasteiger partial charge on any atom is -0.467 e. The second-order valence-electron chi connectivity index (χ2n) is 3.85. The van der Waals surface area contributed by atoms with Crippen LogP contribution >= 0.6 is 0 Å². The number of rotatable bonds is 1. The molecule has 5 heteroatoms. The van der Waals surface area contributed by atoms with Crippen LogP contribution in [-0.2, 0) is 14.3 Å². The van der Waals surface area contributed by atoms with E-state index in [1.54, 1.807) is 0 Å². The molecule has 78 valence electrons. The number of fused-ring (bicyclic) bond motifs is 1. The van der Waals surface area contributed by atoms with Crippen LogP contribution in [0, 0.1) is 5.92 Å². The molecule has 1 N–H and O–H groups in total. The van der Waals surface area contributed by atoms with Crippen LogP contribution in [0.2, 0.25) is 0 Å². The van der Waals surface area contributed by atoms with Crippen molar-refractivity contribution in [1.82, 2.24) is 4.90 Å². The van der Waals surface area contributed by atoms with Gasteiger partial charge in [-0.25, -0.2) is 4.79 Å². The molecule has 0 aromatic rings. The van der Waals surface area contributed by atoms with Gasteiger partial charge in [0.2, 0.25) is 5.91 Å². The molecule has 1 amide bonds. The lowest BCUT2D eigenvalue weighted by Crippen LogP contribution is -2.44. The first kappa shape index (κ1) is 9.45. The first-order valence-electron chi connectivity index (χ1n) is 4.62. The van der Waals surface area contributed by atoms with Crippen LogP contribution in [-0.4, -0.2) is 47.2 Å². The Morgan fingerprint density at radius 3 is 2.57 bits per heavy atom. The normalized spacial score (nSPS) is 39.2. The van der Waals surface area contributed by atoms with Gasteiger partial charge in [0.1, 0.15) is 6.04 Å². The fourth-order valence-corrected chi connectivity index (χ4v) is 2.49. The SMILES string of the molecule is COC(=O)[C@@H]1[C@@H]2C[C@@H]([C@@H]2O)N1C(C)=O. The predicted octanol–water partition coefficient (Wildman–Crippen LogP) is -0.861. The first-order valence-corrected chi connectivity index (χ1v) is 4.62. The van der Waals surface area contributed by atoms with Crippen molar-refractivity contribution >= 4 is 11.9 Å². The minimum absolute atomic E-state index is 0.128. The van der Waals surface area contributed by atoms with Crippen molar-refractivity contribution in [3.8, 4) is 0 Å². The summed E-state index contributed by atoms with van der Waals surface area (Å²) in [7, 11) is 1.29. The van der Waals surface area contributed by atoms with Crippen molar-refractivity contribution < 1.29 is 19.4 Å². The van der Waals surface area contributed by atoms with E-state index in [4.69, 9.17) is 0 Å². The molecule has 4 atom stereocenters. The third-order valence-electron chi connectivity index (χ3n) is 3.22. The Morgan fingerprint density at radius 2 is 2.14 bits per heavy atom. The number of aliphatic hydroxyl groups excluding tert-OH is 1. The van der Waals surface area contributed by atoms with E-state index in [0.29, 0.717) is 6.42 Å². The van der Waals surface area contributed by atoms with Crippen LogP contribution < -0.4 is 0 Å². The molecule has 0 aromatic carbocycles. The third kappa shape index (κ3) is 0.987. The van der Waals surface area contributed by atoms with Gasteiger partial charge in [0.15, 0.2) is 0 Å². The second kappa shape index (κ2) is 2.95. The maximum Gasteiger partial charge on any atom is 0.328 e. The number of carbonyl (C=O) groups excluding carboxylic acids is 2. The summed E-state index contributed by atoms with van der Waals surface area (Å²) in [4.78, 5) is 24.1. The van der Waals surface area contributed by atoms with Gasteiger partial charge in [-0.3, -0.25) is 4.79 Å². The molecule has 1 saturated carbocycles. The standard InChI is InChI=1S/C9H13NO4/c1-4(11)10-6-3-5(8(6)12)7(10)9(13)14-2/h5-8,12H,3H2,1-2H3/t5-,6-,7-,8+/m0/s1. The lowest BCUT2D eigenvalue weighted by Gasteiger charge is -2.31. The summed E-state index contributed by atoms with van der Waals surface area (Å²) in [5.74, 6) is -0.731. The molecule has 2 bridgehead atoms. The van der Waals surface area contributed by atoms with Gasteiger partial charge >= 0.3 is 5.97 Å².